The summed E-state index contributed by atoms with van der Waals surface area (Å²) in [5.41, 5.74) is 0.468. The Morgan fingerprint density at radius 3 is 2.22 bits per heavy atom. The zero-order valence-corrected chi connectivity index (χ0v) is 20.0. The van der Waals surface area contributed by atoms with Crippen LogP contribution in [0.2, 0.25) is 0 Å². The Morgan fingerprint density at radius 2 is 1.57 bits per heavy atom. The molecule has 0 amide bonds. The maximum atomic E-state index is 15.0. The van der Waals surface area contributed by atoms with Crippen molar-refractivity contribution in [3.8, 4) is 23.0 Å². The Labute approximate surface area is 211 Å². The number of benzene rings is 3. The van der Waals surface area contributed by atoms with Crippen molar-refractivity contribution in [2.45, 2.75) is 25.7 Å². The van der Waals surface area contributed by atoms with E-state index in [0.717, 1.165) is 0 Å². The van der Waals surface area contributed by atoms with Gasteiger partial charge in [-0.2, -0.15) is 0 Å². The van der Waals surface area contributed by atoms with E-state index in [4.69, 9.17) is 9.47 Å². The van der Waals surface area contributed by atoms with E-state index in [9.17, 15) is 23.5 Å². The molecule has 1 aliphatic rings. The van der Waals surface area contributed by atoms with E-state index < -0.39 is 11.2 Å². The van der Waals surface area contributed by atoms with Crippen molar-refractivity contribution in [1.29, 1.82) is 0 Å². The van der Waals surface area contributed by atoms with Gasteiger partial charge >= 0.3 is 0 Å². The predicted molar refractivity (Wildman–Crippen MR) is 132 cm³/mol. The molecule has 8 heteroatoms. The number of aromatic hydroxyl groups is 1. The van der Waals surface area contributed by atoms with Gasteiger partial charge in [0.1, 0.15) is 11.6 Å². The third-order valence-electron chi connectivity index (χ3n) is 6.68. The van der Waals surface area contributed by atoms with Crippen LogP contribution in [0.25, 0.3) is 10.9 Å². The van der Waals surface area contributed by atoms with Crippen molar-refractivity contribution in [3.63, 3.8) is 0 Å². The van der Waals surface area contributed by atoms with Crippen LogP contribution in [0.1, 0.15) is 24.0 Å². The third-order valence-corrected chi connectivity index (χ3v) is 6.68. The summed E-state index contributed by atoms with van der Waals surface area (Å²) in [5, 5.41) is 10.5. The quantitative estimate of drug-likeness (QED) is 0.294. The van der Waals surface area contributed by atoms with Gasteiger partial charge in [-0.15, -0.1) is 0 Å². The summed E-state index contributed by atoms with van der Waals surface area (Å²) in [6.45, 7) is 0. The highest BCUT2D eigenvalue weighted by molar-refractivity contribution is 6.10. The van der Waals surface area contributed by atoms with E-state index in [0.29, 0.717) is 40.6 Å². The summed E-state index contributed by atoms with van der Waals surface area (Å²) in [6.07, 6.45) is 2.37. The molecule has 1 saturated carbocycles. The molecule has 188 valence electrons. The van der Waals surface area contributed by atoms with Gasteiger partial charge in [0.05, 0.1) is 18.0 Å². The number of fused-ring (bicyclic) bond motifs is 1. The number of ether oxygens (including phenoxy) is 2. The molecule has 0 spiro atoms. The summed E-state index contributed by atoms with van der Waals surface area (Å²) in [6, 6.07) is 14.4. The molecule has 0 radical (unpaired) electrons. The van der Waals surface area contributed by atoms with Crippen LogP contribution in [0.5, 0.6) is 23.0 Å². The Balaban J connectivity index is 1.30. The molecular formula is C29H23F2NO5. The lowest BCUT2D eigenvalue weighted by Crippen LogP contribution is -2.28. The lowest BCUT2D eigenvalue weighted by molar-refractivity contribution is -0.133. The summed E-state index contributed by atoms with van der Waals surface area (Å²) < 4.78 is 39.1. The summed E-state index contributed by atoms with van der Waals surface area (Å²) in [4.78, 5) is 30.1. The van der Waals surface area contributed by atoms with Crippen LogP contribution >= 0.6 is 0 Å². The maximum Gasteiger partial charge on any atom is 0.166 e. The van der Waals surface area contributed by atoms with Crippen molar-refractivity contribution in [2.24, 2.45) is 5.41 Å². The van der Waals surface area contributed by atoms with Gasteiger partial charge in [-0.25, -0.2) is 8.78 Å². The number of carbonyl (C=O) groups excluding carboxylic acids is 2. The molecule has 0 atom stereocenters. The van der Waals surface area contributed by atoms with Crippen molar-refractivity contribution in [3.05, 3.63) is 89.6 Å². The highest BCUT2D eigenvalue weighted by Crippen LogP contribution is 2.49. The Morgan fingerprint density at radius 1 is 0.892 bits per heavy atom. The number of methoxy groups -OCH3 is 1. The number of carbonyl (C=O) groups is 2. The van der Waals surface area contributed by atoms with Gasteiger partial charge in [0.15, 0.2) is 34.6 Å². The summed E-state index contributed by atoms with van der Waals surface area (Å²) in [7, 11) is 1.42. The number of phenols is 1. The average Bonchev–Trinajstić information content (AvgIpc) is 3.69. The van der Waals surface area contributed by atoms with Gasteiger partial charge in [-0.1, -0.05) is 18.2 Å². The Bertz CT molecular complexity index is 1510. The first-order valence-electron chi connectivity index (χ1n) is 11.7. The van der Waals surface area contributed by atoms with Crippen LogP contribution in [0.15, 0.2) is 66.9 Å². The van der Waals surface area contributed by atoms with Gasteiger partial charge in [0.2, 0.25) is 0 Å². The summed E-state index contributed by atoms with van der Waals surface area (Å²) in [5.74, 6) is -1.09. The van der Waals surface area contributed by atoms with E-state index in [1.807, 2.05) is 0 Å². The van der Waals surface area contributed by atoms with Crippen molar-refractivity contribution in [2.75, 3.05) is 7.11 Å². The number of rotatable bonds is 9. The smallest absolute Gasteiger partial charge is 0.166 e. The fraction of sp³-hybridized carbons (Fsp3) is 0.207. The van der Waals surface area contributed by atoms with E-state index in [1.54, 1.807) is 18.2 Å². The molecule has 0 aliphatic heterocycles. The van der Waals surface area contributed by atoms with Crippen LogP contribution < -0.4 is 9.47 Å². The number of nitrogens with zero attached hydrogens (tertiary/aromatic N) is 1. The molecule has 5 rings (SSSR count). The molecule has 1 aliphatic carbocycles. The van der Waals surface area contributed by atoms with E-state index in [-0.39, 0.29) is 47.5 Å². The number of halogens is 2. The molecule has 37 heavy (non-hydrogen) atoms. The topological polar surface area (TPSA) is 85.7 Å². The number of ketones is 2. The molecule has 6 nitrogen and oxygen atoms in total. The average molecular weight is 504 g/mol. The second-order valence-corrected chi connectivity index (χ2v) is 9.13. The van der Waals surface area contributed by atoms with Gasteiger partial charge in [-0.05, 0) is 60.4 Å². The second-order valence-electron chi connectivity index (χ2n) is 9.13. The minimum absolute atomic E-state index is 0.0512. The van der Waals surface area contributed by atoms with Gasteiger partial charge < -0.3 is 14.6 Å². The molecule has 1 fully saturated rings. The molecule has 0 unspecified atom stereocenters. The normalized spacial score (nSPS) is 13.8. The van der Waals surface area contributed by atoms with Crippen LogP contribution in [0, 0.1) is 17.0 Å². The zero-order chi connectivity index (χ0) is 26.2. The largest absolute Gasteiger partial charge is 0.504 e. The van der Waals surface area contributed by atoms with E-state index in [2.05, 4.69) is 4.98 Å². The zero-order valence-electron chi connectivity index (χ0n) is 20.0. The first kappa shape index (κ1) is 24.4. The van der Waals surface area contributed by atoms with Crippen LogP contribution in [0.3, 0.4) is 0 Å². The lowest BCUT2D eigenvalue weighted by atomic mass is 9.88. The van der Waals surface area contributed by atoms with Crippen molar-refractivity contribution in [1.82, 2.24) is 4.98 Å². The van der Waals surface area contributed by atoms with Crippen LogP contribution in [0.4, 0.5) is 8.78 Å². The lowest BCUT2D eigenvalue weighted by Gasteiger charge is -2.14. The van der Waals surface area contributed by atoms with Gasteiger partial charge in [0, 0.05) is 30.5 Å². The number of aromatic nitrogens is 1. The number of pyridine rings is 1. The fourth-order valence-corrected chi connectivity index (χ4v) is 4.39. The molecule has 0 saturated heterocycles. The fourth-order valence-electron chi connectivity index (χ4n) is 4.39. The molecule has 0 bridgehead atoms. The SMILES string of the molecule is COc1cc2c(Oc3ccc(CC(=O)C4(C(=O)Cc5ccc(F)cc5)CC4)cc3F)ccnc2cc1O. The van der Waals surface area contributed by atoms with Gasteiger partial charge in [0.25, 0.3) is 0 Å². The molecule has 3 aromatic carbocycles. The Kier molecular flexibility index (Phi) is 6.33. The second kappa shape index (κ2) is 9.61. The van der Waals surface area contributed by atoms with E-state index in [1.165, 1.54) is 55.8 Å². The first-order chi connectivity index (χ1) is 17.8. The van der Waals surface area contributed by atoms with Gasteiger partial charge in [-0.3, -0.25) is 14.6 Å². The molecular weight excluding hydrogens is 480 g/mol. The number of hydrogen-bond acceptors (Lipinski definition) is 6. The third kappa shape index (κ3) is 4.87. The molecule has 1 aromatic heterocycles. The standard InChI is InChI=1S/C29H23F2NO5/c1-36-26-15-20-22(16-23(26)33)32-11-8-24(20)37-25-7-4-18(12-21(25)31)14-28(35)29(9-10-29)27(34)13-17-2-5-19(30)6-3-17/h2-8,11-12,15-16,33H,9-10,13-14H2,1H3. The number of Topliss-reactive ketones (excluding diaryl/α,β-unsaturated/α-hetero) is 2. The van der Waals surface area contributed by atoms with Crippen LogP contribution in [-0.4, -0.2) is 28.8 Å². The van der Waals surface area contributed by atoms with E-state index >= 15 is 0 Å². The minimum atomic E-state index is -1.05. The number of phenolic OH excluding ortho intramolecular Hbond substituents is 1. The first-order valence-corrected chi connectivity index (χ1v) is 11.7. The highest BCUT2D eigenvalue weighted by atomic mass is 19.1. The number of hydrogen-bond donors (Lipinski definition) is 1. The maximum absolute atomic E-state index is 15.0. The Hall–Kier alpha value is -4.33. The van der Waals surface area contributed by atoms with Crippen molar-refractivity contribution < 1.29 is 33.0 Å². The predicted octanol–water partition coefficient (Wildman–Crippen LogP) is 5.72. The van der Waals surface area contributed by atoms with Crippen molar-refractivity contribution >= 4 is 22.5 Å². The molecule has 1 heterocycles. The monoisotopic (exact) mass is 503 g/mol. The highest BCUT2D eigenvalue weighted by Gasteiger charge is 2.54. The molecule has 1 N–H and O–H groups in total. The van der Waals surface area contributed by atoms with Crippen LogP contribution in [-0.2, 0) is 22.4 Å². The molecule has 4 aromatic rings. The summed E-state index contributed by atoms with van der Waals surface area (Å²) >= 11 is 0. The minimum Gasteiger partial charge on any atom is -0.504 e.